The van der Waals surface area contributed by atoms with Gasteiger partial charge in [-0.3, -0.25) is 9.48 Å². The lowest BCUT2D eigenvalue weighted by Gasteiger charge is -2.18. The van der Waals surface area contributed by atoms with Gasteiger partial charge in [-0.1, -0.05) is 35.9 Å². The summed E-state index contributed by atoms with van der Waals surface area (Å²) in [4.78, 5) is 12.3. The molecule has 0 bridgehead atoms. The quantitative estimate of drug-likeness (QED) is 0.542. The lowest BCUT2D eigenvalue weighted by molar-refractivity contribution is -0.116. The van der Waals surface area contributed by atoms with Crippen molar-refractivity contribution in [3.8, 4) is 11.5 Å². The van der Waals surface area contributed by atoms with Gasteiger partial charge < -0.3 is 14.8 Å². The van der Waals surface area contributed by atoms with Crippen molar-refractivity contribution in [1.29, 1.82) is 0 Å². The molecule has 0 spiro atoms. The Morgan fingerprint density at radius 1 is 1.16 bits per heavy atom. The Kier molecular flexibility index (Phi) is 6.81. The second-order valence-electron chi connectivity index (χ2n) is 7.69. The Morgan fingerprint density at radius 3 is 2.75 bits per heavy atom. The second kappa shape index (κ2) is 9.92. The maximum absolute atomic E-state index is 12.3. The third-order valence-electron chi connectivity index (χ3n) is 5.44. The highest BCUT2D eigenvalue weighted by atomic mass is 35.5. The lowest BCUT2D eigenvalue weighted by Crippen LogP contribution is -2.23. The average Bonchev–Trinajstić information content (AvgIpc) is 3.06. The molecule has 3 aromatic rings. The van der Waals surface area contributed by atoms with Crippen LogP contribution in [-0.4, -0.2) is 35.4 Å². The zero-order valence-corrected chi connectivity index (χ0v) is 19.0. The first kappa shape index (κ1) is 22.0. The molecule has 0 radical (unpaired) electrons. The van der Waals surface area contributed by atoms with E-state index in [2.05, 4.69) is 10.4 Å². The maximum Gasteiger partial charge on any atom is 0.244 e. The summed E-state index contributed by atoms with van der Waals surface area (Å²) in [5.74, 6) is 1.40. The topological polar surface area (TPSA) is 65.4 Å². The van der Waals surface area contributed by atoms with Gasteiger partial charge in [0.15, 0.2) is 11.5 Å². The summed E-state index contributed by atoms with van der Waals surface area (Å²) in [6.45, 7) is 6.19. The van der Waals surface area contributed by atoms with E-state index in [0.717, 1.165) is 44.6 Å². The van der Waals surface area contributed by atoms with Gasteiger partial charge in [-0.05, 0) is 55.7 Å². The zero-order chi connectivity index (χ0) is 22.5. The molecule has 1 aliphatic rings. The van der Waals surface area contributed by atoms with Crippen LogP contribution in [0.4, 0.5) is 0 Å². The maximum atomic E-state index is 12.3. The number of benzene rings is 2. The van der Waals surface area contributed by atoms with Crippen LogP contribution in [0.15, 0.2) is 48.5 Å². The van der Waals surface area contributed by atoms with Gasteiger partial charge in [-0.15, -0.1) is 0 Å². The van der Waals surface area contributed by atoms with Gasteiger partial charge in [0.25, 0.3) is 0 Å². The van der Waals surface area contributed by atoms with Crippen molar-refractivity contribution in [2.75, 3.05) is 19.8 Å². The van der Waals surface area contributed by atoms with Gasteiger partial charge in [-0.2, -0.15) is 5.10 Å². The molecule has 32 heavy (non-hydrogen) atoms. The molecule has 166 valence electrons. The number of hydrogen-bond donors (Lipinski definition) is 1. The van der Waals surface area contributed by atoms with Crippen LogP contribution >= 0.6 is 11.6 Å². The molecular formula is C25H26ClN3O3. The van der Waals surface area contributed by atoms with Crippen molar-refractivity contribution in [1.82, 2.24) is 15.1 Å². The summed E-state index contributed by atoms with van der Waals surface area (Å²) in [5, 5.41) is 8.26. The van der Waals surface area contributed by atoms with Gasteiger partial charge in [-0.25, -0.2) is 0 Å². The molecule has 1 aromatic heterocycles. The minimum absolute atomic E-state index is 0.139. The molecule has 0 aliphatic carbocycles. The van der Waals surface area contributed by atoms with Crippen LogP contribution in [0.3, 0.4) is 0 Å². The van der Waals surface area contributed by atoms with Crippen LogP contribution in [0.25, 0.3) is 6.08 Å². The Morgan fingerprint density at radius 2 is 1.94 bits per heavy atom. The van der Waals surface area contributed by atoms with Crippen LogP contribution < -0.4 is 14.8 Å². The van der Waals surface area contributed by atoms with Crippen molar-refractivity contribution < 1.29 is 14.3 Å². The molecule has 0 saturated heterocycles. The normalized spacial score (nSPS) is 12.8. The van der Waals surface area contributed by atoms with Gasteiger partial charge >= 0.3 is 0 Å². The van der Waals surface area contributed by atoms with E-state index in [9.17, 15) is 4.79 Å². The Balaban J connectivity index is 1.33. The largest absolute Gasteiger partial charge is 0.486 e. The number of hydrogen-bond acceptors (Lipinski definition) is 4. The highest BCUT2D eigenvalue weighted by Crippen LogP contribution is 2.30. The molecule has 2 aromatic carbocycles. The highest BCUT2D eigenvalue weighted by Gasteiger charge is 2.13. The minimum Gasteiger partial charge on any atom is -0.486 e. The number of rotatable bonds is 7. The number of carbonyl (C=O) groups is 1. The van der Waals surface area contributed by atoms with Crippen LogP contribution in [-0.2, 0) is 17.8 Å². The van der Waals surface area contributed by atoms with E-state index >= 15 is 0 Å². The minimum atomic E-state index is -0.139. The lowest BCUT2D eigenvalue weighted by atomic mass is 10.1. The van der Waals surface area contributed by atoms with E-state index in [1.807, 2.05) is 67.1 Å². The van der Waals surface area contributed by atoms with E-state index in [-0.39, 0.29) is 5.91 Å². The summed E-state index contributed by atoms with van der Waals surface area (Å²) in [6, 6.07) is 13.6. The van der Waals surface area contributed by atoms with Crippen molar-refractivity contribution in [3.63, 3.8) is 0 Å². The molecule has 1 amide bonds. The Bertz CT molecular complexity index is 1150. The molecule has 1 N–H and O–H groups in total. The van der Waals surface area contributed by atoms with Gasteiger partial charge in [0, 0.05) is 28.9 Å². The number of nitrogens with zero attached hydrogens (tertiary/aromatic N) is 2. The summed E-state index contributed by atoms with van der Waals surface area (Å²) >= 11 is 6.28. The van der Waals surface area contributed by atoms with E-state index in [1.54, 1.807) is 6.08 Å². The Hall–Kier alpha value is -3.25. The second-order valence-corrected chi connectivity index (χ2v) is 8.09. The molecular weight excluding hydrogens is 426 g/mol. The average molecular weight is 452 g/mol. The van der Waals surface area contributed by atoms with Crippen molar-refractivity contribution in [3.05, 3.63) is 81.6 Å². The van der Waals surface area contributed by atoms with E-state index in [1.165, 1.54) is 0 Å². The summed E-state index contributed by atoms with van der Waals surface area (Å²) in [7, 11) is 0. The van der Waals surface area contributed by atoms with Gasteiger partial charge in [0.2, 0.25) is 5.91 Å². The fourth-order valence-corrected chi connectivity index (χ4v) is 3.88. The summed E-state index contributed by atoms with van der Waals surface area (Å²) < 4.78 is 13.1. The van der Waals surface area contributed by atoms with E-state index < -0.39 is 0 Å². The first-order valence-corrected chi connectivity index (χ1v) is 11.0. The molecule has 0 unspecified atom stereocenters. The smallest absolute Gasteiger partial charge is 0.244 e. The molecule has 0 atom stereocenters. The van der Waals surface area contributed by atoms with Gasteiger partial charge in [0.05, 0.1) is 12.2 Å². The zero-order valence-electron chi connectivity index (χ0n) is 18.2. The number of aromatic nitrogens is 2. The standard InChI is InChI=1S/C25H26ClN3O3/c1-17-21(18(2)29(28-17)16-20-5-3-4-6-22(20)26)8-10-25(30)27-12-11-19-7-9-23-24(15-19)32-14-13-31-23/h3-10,15H,11-14,16H2,1-2H3,(H,27,30). The number of fused-ring (bicyclic) bond motifs is 1. The number of aryl methyl sites for hydroxylation is 1. The third-order valence-corrected chi connectivity index (χ3v) is 5.81. The molecule has 7 heteroatoms. The monoisotopic (exact) mass is 451 g/mol. The number of halogens is 1. The van der Waals surface area contributed by atoms with Crippen molar-refractivity contribution >= 4 is 23.6 Å². The summed E-state index contributed by atoms with van der Waals surface area (Å²) in [5.41, 5.74) is 4.90. The van der Waals surface area contributed by atoms with Crippen molar-refractivity contribution in [2.45, 2.75) is 26.8 Å². The van der Waals surface area contributed by atoms with Crippen molar-refractivity contribution in [2.24, 2.45) is 0 Å². The van der Waals surface area contributed by atoms with E-state index in [4.69, 9.17) is 21.1 Å². The predicted molar refractivity (Wildman–Crippen MR) is 125 cm³/mol. The third kappa shape index (κ3) is 5.14. The molecule has 4 rings (SSSR count). The molecule has 0 fully saturated rings. The van der Waals surface area contributed by atoms with Crippen LogP contribution in [0.1, 0.15) is 28.1 Å². The molecule has 0 saturated carbocycles. The van der Waals surface area contributed by atoms with Crippen LogP contribution in [0.2, 0.25) is 5.02 Å². The van der Waals surface area contributed by atoms with Crippen LogP contribution in [0, 0.1) is 13.8 Å². The first-order valence-electron chi connectivity index (χ1n) is 10.6. The SMILES string of the molecule is Cc1nn(Cc2ccccc2Cl)c(C)c1C=CC(=O)NCCc1ccc2c(c1)OCCO2. The highest BCUT2D eigenvalue weighted by molar-refractivity contribution is 6.31. The summed E-state index contributed by atoms with van der Waals surface area (Å²) in [6.07, 6.45) is 4.09. The van der Waals surface area contributed by atoms with E-state index in [0.29, 0.717) is 32.7 Å². The first-order chi connectivity index (χ1) is 15.5. The fourth-order valence-electron chi connectivity index (χ4n) is 3.69. The number of nitrogens with one attached hydrogen (secondary N) is 1. The number of ether oxygens (including phenoxy) is 2. The number of amides is 1. The van der Waals surface area contributed by atoms with Gasteiger partial charge in [0.1, 0.15) is 13.2 Å². The number of carbonyl (C=O) groups excluding carboxylic acids is 1. The van der Waals surface area contributed by atoms with Crippen LogP contribution in [0.5, 0.6) is 11.5 Å². The molecule has 6 nitrogen and oxygen atoms in total. The Labute approximate surface area is 192 Å². The fraction of sp³-hybridized carbons (Fsp3) is 0.280. The molecule has 2 heterocycles. The molecule has 1 aliphatic heterocycles. The predicted octanol–water partition coefficient (Wildman–Crippen LogP) is 4.34.